The number of aliphatic imine (C=N–C) groups is 3. The third kappa shape index (κ3) is 13.4. The largest absolute Gasteiger partial charge is 0.464 e. The fourth-order valence-corrected chi connectivity index (χ4v) is 12.0. The molecule has 0 saturated heterocycles. The number of halogens is 9. The van der Waals surface area contributed by atoms with Gasteiger partial charge in [-0.15, -0.1) is 0 Å². The highest BCUT2D eigenvalue weighted by atomic mass is 32.1. The van der Waals surface area contributed by atoms with E-state index in [2.05, 4.69) is 29.9 Å². The highest BCUT2D eigenvalue weighted by Crippen LogP contribution is 2.46. The molecule has 0 spiro atoms. The van der Waals surface area contributed by atoms with Crippen molar-refractivity contribution >= 4 is 67.0 Å². The molecule has 6 N–H and O–H groups in total. The second-order valence-electron chi connectivity index (χ2n) is 22.7. The van der Waals surface area contributed by atoms with E-state index in [0.29, 0.717) is 0 Å². The van der Waals surface area contributed by atoms with E-state index in [1.54, 1.807) is 0 Å². The summed E-state index contributed by atoms with van der Waals surface area (Å²) < 4.78 is 145. The Balaban J connectivity index is 0.000000179. The monoisotopic (exact) mass is 1450 g/mol. The molecule has 9 heterocycles. The van der Waals surface area contributed by atoms with Gasteiger partial charge in [0.15, 0.2) is 34.5 Å². The van der Waals surface area contributed by atoms with Crippen LogP contribution in [0.1, 0.15) is 64.8 Å². The summed E-state index contributed by atoms with van der Waals surface area (Å²) in [5.74, 6) is -9.32. The molecule has 6 aromatic heterocycles. The van der Waals surface area contributed by atoms with Crippen molar-refractivity contribution < 1.29 is 82.5 Å². The van der Waals surface area contributed by atoms with Crippen LogP contribution in [-0.2, 0) is 64.8 Å². The number of likely N-dealkylation sites (N-methyl/N-ethyl adjacent to an activating group) is 3. The lowest BCUT2D eigenvalue weighted by atomic mass is 9.82. The van der Waals surface area contributed by atoms with E-state index in [-0.39, 0.29) is 135 Å². The van der Waals surface area contributed by atoms with Gasteiger partial charge in [-0.05, 0) is 108 Å². The molecule has 103 heavy (non-hydrogen) atoms. The first-order chi connectivity index (χ1) is 48.7. The molecule has 0 saturated carbocycles. The number of nitrogens with zero attached hydrogens (tertiary/aromatic N) is 12. The molecule has 3 aliphatic heterocycles. The number of amides is 3. The number of ether oxygens (including phenoxy) is 3. The number of guanidine groups is 3. The first-order valence-electron chi connectivity index (χ1n) is 30.4. The first-order valence-corrected chi connectivity index (χ1v) is 30.4. The van der Waals surface area contributed by atoms with Crippen molar-refractivity contribution in [3.63, 3.8) is 0 Å². The minimum Gasteiger partial charge on any atom is -0.464 e. The molecular weight excluding hydrogens is 1390 g/mol. The summed E-state index contributed by atoms with van der Waals surface area (Å²) in [7, 11) is 7.74. The van der Waals surface area contributed by atoms with E-state index in [1.165, 1.54) is 184 Å². The number of carbonyl (C=O) groups excluding carboxylic acids is 6. The van der Waals surface area contributed by atoms with Crippen molar-refractivity contribution in [2.24, 2.45) is 32.2 Å². The third-order valence-corrected chi connectivity index (χ3v) is 17.1. The van der Waals surface area contributed by atoms with Crippen LogP contribution in [-0.4, -0.2) is 159 Å². The van der Waals surface area contributed by atoms with Crippen LogP contribution in [0.15, 0.2) is 161 Å². The van der Waals surface area contributed by atoms with Crippen molar-refractivity contribution in [1.82, 2.24) is 43.4 Å². The molecule has 0 fully saturated rings. The number of aryl methyl sites for hydroxylation is 3. The minimum absolute atomic E-state index is 0. The molecule has 34 heteroatoms. The zero-order valence-corrected chi connectivity index (χ0v) is 56.3. The number of aromatic nitrogens is 6. The summed E-state index contributed by atoms with van der Waals surface area (Å²) in [6.07, 6.45) is 7.87. The van der Waals surface area contributed by atoms with Gasteiger partial charge in [-0.2, -0.15) is 26.7 Å². The Morgan fingerprint density at radius 2 is 0.650 bits per heavy atom. The summed E-state index contributed by atoms with van der Waals surface area (Å²) in [4.78, 5) is 105. The number of esters is 3. The smallest absolute Gasteiger partial charge is 0.354 e. The molecule has 12 rings (SSSR count). The Labute approximate surface area is 587 Å². The van der Waals surface area contributed by atoms with Crippen LogP contribution < -0.4 is 17.2 Å². The van der Waals surface area contributed by atoms with Crippen LogP contribution in [0.25, 0.3) is 33.4 Å². The first kappa shape index (κ1) is 75.1. The van der Waals surface area contributed by atoms with E-state index in [4.69, 9.17) is 31.4 Å². The summed E-state index contributed by atoms with van der Waals surface area (Å²) in [6, 6.07) is 23.5. The van der Waals surface area contributed by atoms with E-state index in [0.717, 1.165) is 32.9 Å². The highest BCUT2D eigenvalue weighted by Gasteiger charge is 2.54. The number of hydrogen-bond donors (Lipinski definition) is 3. The standard InChI is InChI=1S/3C23H20F3N5O3.H2S/c3*1-30-21(33)23(29-22(30)27,14-11-18(20(32)34-2)31(12-14)9-7-24)13-5-6-17(25)16(10-13)15-4-3-8-28-19(15)26;/h3*3-6,8,10-12H,7,9H2,1-2H3,(H2,27,29);1H2/t2*23-;;/m10../s1. The quantitative estimate of drug-likeness (QED) is 0.0318. The maximum absolute atomic E-state index is 14.8. The van der Waals surface area contributed by atoms with E-state index in [9.17, 15) is 68.3 Å². The number of pyridine rings is 3. The number of rotatable bonds is 18. The fraction of sp³-hybridized carbons (Fsp3) is 0.217. The SMILES string of the molecule is COC(=O)c1cc(C2(c3ccc(F)c(-c4cccnc4F)c3)N=C(N)N(C)C2=O)cn1CCF.COC(=O)c1cc([C@@]2(c3ccc(F)c(-c4cccnc4F)c3)N=C(N)N(C)C2=O)cn1CCF.COC(=O)c1cc([C@]2(c3ccc(F)c(-c4cccnc4F)c3)N=C(N)N(C)C2=O)cn1CCF.S. The van der Waals surface area contributed by atoms with Gasteiger partial charge in [-0.1, -0.05) is 18.2 Å². The van der Waals surface area contributed by atoms with Crippen LogP contribution in [0.4, 0.5) is 39.5 Å². The number of benzene rings is 3. The predicted octanol–water partition coefficient (Wildman–Crippen LogP) is 7.96. The van der Waals surface area contributed by atoms with Crippen LogP contribution in [0.2, 0.25) is 0 Å². The third-order valence-electron chi connectivity index (χ3n) is 17.1. The van der Waals surface area contributed by atoms with Crippen molar-refractivity contribution in [1.29, 1.82) is 0 Å². The summed E-state index contributed by atoms with van der Waals surface area (Å²) in [5.41, 5.74) is 12.7. The van der Waals surface area contributed by atoms with Gasteiger partial charge in [-0.3, -0.25) is 29.1 Å². The molecule has 9 aromatic rings. The molecule has 3 aliphatic rings. The topological polar surface area (TPSA) is 308 Å². The molecule has 3 amide bonds. The maximum Gasteiger partial charge on any atom is 0.354 e. The van der Waals surface area contributed by atoms with Gasteiger partial charge >= 0.3 is 17.9 Å². The van der Waals surface area contributed by atoms with E-state index < -0.39 is 108 Å². The number of alkyl halides is 3. The molecule has 0 aliphatic carbocycles. The fourth-order valence-electron chi connectivity index (χ4n) is 12.0. The van der Waals surface area contributed by atoms with Crippen molar-refractivity contribution in [2.75, 3.05) is 62.5 Å². The number of nitrogens with two attached hydrogens (primary N) is 3. The van der Waals surface area contributed by atoms with Gasteiger partial charge in [0.05, 0.1) is 41.0 Å². The maximum atomic E-state index is 14.8. The average Bonchev–Trinajstić information content (AvgIpc) is 1.60. The van der Waals surface area contributed by atoms with Crippen LogP contribution in [0.5, 0.6) is 0 Å². The molecule has 3 atom stereocenters. The number of methoxy groups -OCH3 is 3. The Bertz CT molecular complexity index is 4460. The molecule has 24 nitrogen and oxygen atoms in total. The lowest BCUT2D eigenvalue weighted by molar-refractivity contribution is -0.130. The Morgan fingerprint density at radius 3 is 0.854 bits per heavy atom. The number of hydrogen-bond acceptors (Lipinski definition) is 18. The predicted molar refractivity (Wildman–Crippen MR) is 360 cm³/mol. The summed E-state index contributed by atoms with van der Waals surface area (Å²) in [5, 5.41) is 0. The molecule has 3 aromatic carbocycles. The van der Waals surface area contributed by atoms with Crippen LogP contribution in [0.3, 0.4) is 0 Å². The van der Waals surface area contributed by atoms with Crippen molar-refractivity contribution in [3.8, 4) is 33.4 Å². The Kier molecular flexibility index (Phi) is 22.2. The Morgan fingerprint density at radius 1 is 0.398 bits per heavy atom. The van der Waals surface area contributed by atoms with Gasteiger partial charge in [0.25, 0.3) is 17.7 Å². The minimum atomic E-state index is -1.83. The summed E-state index contributed by atoms with van der Waals surface area (Å²) >= 11 is 0. The van der Waals surface area contributed by atoms with Crippen molar-refractivity contribution in [3.05, 3.63) is 232 Å². The van der Waals surface area contributed by atoms with Crippen molar-refractivity contribution in [2.45, 2.75) is 36.3 Å². The van der Waals surface area contributed by atoms with E-state index in [1.807, 2.05) is 0 Å². The summed E-state index contributed by atoms with van der Waals surface area (Å²) in [6.45, 7) is -2.90. The van der Waals surface area contributed by atoms with Gasteiger partial charge in [0.1, 0.15) is 54.6 Å². The van der Waals surface area contributed by atoms with Gasteiger partial charge in [0.2, 0.25) is 17.8 Å². The normalized spacial score (nSPS) is 17.6. The molecular formula is C69H62F9N15O9S. The Hall–Kier alpha value is -12.1. The second kappa shape index (κ2) is 30.4. The zero-order valence-electron chi connectivity index (χ0n) is 55.3. The second-order valence-corrected chi connectivity index (χ2v) is 22.7. The molecule has 0 radical (unpaired) electrons. The lowest BCUT2D eigenvalue weighted by Gasteiger charge is -2.25. The highest BCUT2D eigenvalue weighted by molar-refractivity contribution is 7.59. The number of carbonyl (C=O) groups is 6. The van der Waals surface area contributed by atoms with Crippen LogP contribution in [0, 0.1) is 35.3 Å². The molecule has 536 valence electrons. The van der Waals surface area contributed by atoms with Gasteiger partial charge < -0.3 is 45.1 Å². The molecule has 0 bridgehead atoms. The van der Waals surface area contributed by atoms with E-state index >= 15 is 0 Å². The zero-order chi connectivity index (χ0) is 73.9. The lowest BCUT2D eigenvalue weighted by Crippen LogP contribution is -2.41. The molecule has 1 unspecified atom stereocenters. The van der Waals surface area contributed by atoms with Gasteiger partial charge in [0, 0.05) is 108 Å². The van der Waals surface area contributed by atoms with Crippen LogP contribution >= 0.6 is 13.5 Å². The van der Waals surface area contributed by atoms with Gasteiger partial charge in [-0.25, -0.2) is 70.7 Å². The average molecular weight is 1450 g/mol.